The van der Waals surface area contributed by atoms with Gasteiger partial charge in [-0.15, -0.1) is 5.10 Å². The van der Waals surface area contributed by atoms with Gasteiger partial charge in [-0.25, -0.2) is 0 Å². The van der Waals surface area contributed by atoms with Gasteiger partial charge in [-0.05, 0) is 32.1 Å². The maximum atomic E-state index is 12.6. The summed E-state index contributed by atoms with van der Waals surface area (Å²) in [5.41, 5.74) is -0.417. The fourth-order valence-electron chi connectivity index (χ4n) is 4.13. The molecule has 1 aliphatic carbocycles. The minimum Gasteiger partial charge on any atom is -0.408 e. The van der Waals surface area contributed by atoms with Crippen LogP contribution in [0, 0.1) is 5.41 Å². The lowest BCUT2D eigenvalue weighted by molar-refractivity contribution is -0.152. The van der Waals surface area contributed by atoms with Crippen LogP contribution in [0.5, 0.6) is 0 Å². The lowest BCUT2D eigenvalue weighted by Gasteiger charge is -2.46. The Morgan fingerprint density at radius 2 is 2.00 bits per heavy atom. The van der Waals surface area contributed by atoms with E-state index in [4.69, 9.17) is 4.42 Å². The van der Waals surface area contributed by atoms with Crippen LogP contribution >= 0.6 is 0 Å². The number of likely N-dealkylation sites (tertiary alicyclic amines) is 1. The van der Waals surface area contributed by atoms with Crippen LogP contribution in [0.3, 0.4) is 0 Å². The summed E-state index contributed by atoms with van der Waals surface area (Å²) in [6.07, 6.45) is 5.14. The molecular formula is C16H24N4O3. The molecule has 1 saturated carbocycles. The van der Waals surface area contributed by atoms with E-state index >= 15 is 0 Å². The van der Waals surface area contributed by atoms with Crippen molar-refractivity contribution in [2.24, 2.45) is 5.41 Å². The maximum absolute atomic E-state index is 12.6. The summed E-state index contributed by atoms with van der Waals surface area (Å²) in [6, 6.07) is 0.582. The molecule has 2 saturated heterocycles. The quantitative estimate of drug-likeness (QED) is 0.880. The number of nitrogens with zero attached hydrogens (tertiary/aromatic N) is 4. The second-order valence-electron chi connectivity index (χ2n) is 7.36. The van der Waals surface area contributed by atoms with Gasteiger partial charge >= 0.3 is 6.01 Å². The van der Waals surface area contributed by atoms with Gasteiger partial charge in [0, 0.05) is 32.6 Å². The van der Waals surface area contributed by atoms with Crippen LogP contribution in [0.25, 0.3) is 0 Å². The van der Waals surface area contributed by atoms with E-state index < -0.39 is 11.5 Å². The highest BCUT2D eigenvalue weighted by Gasteiger charge is 2.48. The van der Waals surface area contributed by atoms with Gasteiger partial charge in [0.05, 0.1) is 11.5 Å². The van der Waals surface area contributed by atoms with E-state index in [-0.39, 0.29) is 5.91 Å². The Hall–Kier alpha value is -1.63. The third-order valence-corrected chi connectivity index (χ3v) is 5.79. The van der Waals surface area contributed by atoms with E-state index in [9.17, 15) is 9.90 Å². The van der Waals surface area contributed by atoms with Crippen LogP contribution in [0.4, 0.5) is 6.01 Å². The second kappa shape index (κ2) is 5.47. The zero-order valence-corrected chi connectivity index (χ0v) is 13.6. The van der Waals surface area contributed by atoms with Crippen LogP contribution in [0.1, 0.15) is 50.3 Å². The van der Waals surface area contributed by atoms with Gasteiger partial charge in [0.15, 0.2) is 0 Å². The SMILES string of the molecule is CN1CC(O)CC2(CCN(c3nnc(C4CCC4)o3)CC2)C1=O. The van der Waals surface area contributed by atoms with E-state index in [2.05, 4.69) is 15.1 Å². The molecular weight excluding hydrogens is 296 g/mol. The van der Waals surface area contributed by atoms with Crippen LogP contribution < -0.4 is 4.90 Å². The molecule has 23 heavy (non-hydrogen) atoms. The fraction of sp³-hybridized carbons (Fsp3) is 0.812. The van der Waals surface area contributed by atoms with Gasteiger partial charge in [-0.1, -0.05) is 11.5 Å². The number of β-amino-alcohol motifs (C(OH)–C–C–N with tert-alkyl or cyclic N) is 1. The fourth-order valence-corrected chi connectivity index (χ4v) is 4.13. The van der Waals surface area contributed by atoms with Gasteiger partial charge in [0.25, 0.3) is 0 Å². The lowest BCUT2D eigenvalue weighted by atomic mass is 9.71. The van der Waals surface area contributed by atoms with E-state index in [1.54, 1.807) is 11.9 Å². The molecule has 4 rings (SSSR count). The number of hydrogen-bond acceptors (Lipinski definition) is 6. The smallest absolute Gasteiger partial charge is 0.318 e. The number of carbonyl (C=O) groups excluding carboxylic acids is 1. The predicted molar refractivity (Wildman–Crippen MR) is 83.0 cm³/mol. The van der Waals surface area contributed by atoms with Gasteiger partial charge in [0.2, 0.25) is 11.8 Å². The summed E-state index contributed by atoms with van der Waals surface area (Å²) in [6.45, 7) is 1.88. The van der Waals surface area contributed by atoms with Crippen molar-refractivity contribution in [1.29, 1.82) is 0 Å². The van der Waals surface area contributed by atoms with Gasteiger partial charge in [-0.2, -0.15) is 0 Å². The molecule has 1 N–H and O–H groups in total. The number of aromatic nitrogens is 2. The number of anilines is 1. The first-order valence-corrected chi connectivity index (χ1v) is 8.59. The number of piperidine rings is 2. The van der Waals surface area contributed by atoms with Crippen molar-refractivity contribution in [2.45, 2.75) is 50.5 Å². The van der Waals surface area contributed by atoms with E-state index in [1.807, 2.05) is 0 Å². The van der Waals surface area contributed by atoms with Crippen LogP contribution in [-0.4, -0.2) is 58.9 Å². The molecule has 1 atom stereocenters. The zero-order valence-electron chi connectivity index (χ0n) is 13.6. The number of hydrogen-bond donors (Lipinski definition) is 1. The molecule has 2 aliphatic heterocycles. The first-order valence-electron chi connectivity index (χ1n) is 8.59. The summed E-state index contributed by atoms with van der Waals surface area (Å²) in [7, 11) is 1.78. The Morgan fingerprint density at radius 1 is 1.26 bits per heavy atom. The van der Waals surface area contributed by atoms with E-state index in [0.717, 1.165) is 44.7 Å². The highest BCUT2D eigenvalue weighted by atomic mass is 16.4. The topological polar surface area (TPSA) is 82.7 Å². The lowest BCUT2D eigenvalue weighted by Crippen LogP contribution is -2.56. The van der Waals surface area contributed by atoms with Crippen molar-refractivity contribution in [3.8, 4) is 0 Å². The summed E-state index contributed by atoms with van der Waals surface area (Å²) >= 11 is 0. The summed E-state index contributed by atoms with van der Waals surface area (Å²) in [5, 5.41) is 18.4. The van der Waals surface area contributed by atoms with Crippen molar-refractivity contribution < 1.29 is 14.3 Å². The van der Waals surface area contributed by atoms with Crippen molar-refractivity contribution in [3.05, 3.63) is 5.89 Å². The first kappa shape index (κ1) is 14.9. The molecule has 1 spiro atoms. The average molecular weight is 320 g/mol. The summed E-state index contributed by atoms with van der Waals surface area (Å²) < 4.78 is 5.83. The molecule has 126 valence electrons. The Morgan fingerprint density at radius 3 is 2.65 bits per heavy atom. The van der Waals surface area contributed by atoms with Gasteiger partial charge in [-0.3, -0.25) is 4.79 Å². The van der Waals surface area contributed by atoms with Crippen LogP contribution in [0.15, 0.2) is 4.42 Å². The molecule has 7 heteroatoms. The van der Waals surface area contributed by atoms with Gasteiger partial charge in [0.1, 0.15) is 0 Å². The van der Waals surface area contributed by atoms with Crippen molar-refractivity contribution in [1.82, 2.24) is 15.1 Å². The standard InChI is InChI=1S/C16H24N4O3/c1-19-10-12(21)9-16(14(19)22)5-7-20(8-6-16)15-18-17-13(23-15)11-3-2-4-11/h11-12,21H,2-10H2,1H3. The monoisotopic (exact) mass is 320 g/mol. The molecule has 0 bridgehead atoms. The number of amides is 1. The first-order chi connectivity index (χ1) is 11.1. The van der Waals surface area contributed by atoms with Crippen molar-refractivity contribution >= 4 is 11.9 Å². The average Bonchev–Trinajstić information content (AvgIpc) is 2.93. The molecule has 3 aliphatic rings. The molecule has 7 nitrogen and oxygen atoms in total. The van der Waals surface area contributed by atoms with Crippen molar-refractivity contribution in [2.75, 3.05) is 31.6 Å². The maximum Gasteiger partial charge on any atom is 0.318 e. The Kier molecular flexibility index (Phi) is 3.55. The molecule has 0 radical (unpaired) electrons. The van der Waals surface area contributed by atoms with Crippen LogP contribution in [0.2, 0.25) is 0 Å². The molecule has 3 heterocycles. The Labute approximate surface area is 135 Å². The number of rotatable bonds is 2. The molecule has 1 unspecified atom stereocenters. The number of aliphatic hydroxyl groups excluding tert-OH is 1. The third kappa shape index (κ3) is 2.51. The minimum absolute atomic E-state index is 0.170. The van der Waals surface area contributed by atoms with Crippen LogP contribution in [-0.2, 0) is 4.79 Å². The summed E-state index contributed by atoms with van der Waals surface area (Å²) in [4.78, 5) is 16.3. The highest BCUT2D eigenvalue weighted by molar-refractivity contribution is 5.83. The number of carbonyl (C=O) groups is 1. The van der Waals surface area contributed by atoms with E-state index in [0.29, 0.717) is 24.9 Å². The highest BCUT2D eigenvalue weighted by Crippen LogP contribution is 2.42. The zero-order chi connectivity index (χ0) is 16.0. The molecule has 1 aromatic rings. The Balaban J connectivity index is 1.44. The number of likely N-dealkylation sites (N-methyl/N-ethyl adjacent to an activating group) is 1. The largest absolute Gasteiger partial charge is 0.408 e. The van der Waals surface area contributed by atoms with Gasteiger partial charge < -0.3 is 19.3 Å². The molecule has 0 aromatic carbocycles. The Bertz CT molecular complexity index is 590. The summed E-state index contributed by atoms with van der Waals surface area (Å²) in [5.74, 6) is 1.37. The number of aliphatic hydroxyl groups is 1. The normalized spacial score (nSPS) is 28.3. The van der Waals surface area contributed by atoms with E-state index in [1.165, 1.54) is 6.42 Å². The predicted octanol–water partition coefficient (Wildman–Crippen LogP) is 1.15. The molecule has 1 aromatic heterocycles. The third-order valence-electron chi connectivity index (χ3n) is 5.79. The molecule has 1 amide bonds. The second-order valence-corrected chi connectivity index (χ2v) is 7.36. The minimum atomic E-state index is -0.419. The molecule has 3 fully saturated rings. The van der Waals surface area contributed by atoms with Crippen molar-refractivity contribution in [3.63, 3.8) is 0 Å².